The molecule has 1 N–H and O–H groups in total. The number of carbonyl (C=O) groups excluding carboxylic acids is 2. The fourth-order valence-electron chi connectivity index (χ4n) is 5.91. The Morgan fingerprint density at radius 2 is 1.88 bits per heavy atom. The molecule has 32 heavy (non-hydrogen) atoms. The molecule has 0 bridgehead atoms. The monoisotopic (exact) mass is 432 g/mol. The van der Waals surface area contributed by atoms with Gasteiger partial charge in [0.05, 0.1) is 30.6 Å². The van der Waals surface area contributed by atoms with E-state index in [0.29, 0.717) is 12.0 Å². The van der Waals surface area contributed by atoms with E-state index in [1.165, 1.54) is 18.2 Å². The molecule has 2 aromatic carbocycles. The Balaban J connectivity index is 1.66. The van der Waals surface area contributed by atoms with Gasteiger partial charge < -0.3 is 14.8 Å². The Morgan fingerprint density at radius 3 is 2.62 bits per heavy atom. The summed E-state index contributed by atoms with van der Waals surface area (Å²) in [6.45, 7) is 3.74. The molecule has 5 rings (SSSR count). The normalized spacial score (nSPS) is 26.1. The molecule has 3 aliphatic rings. The SMILES string of the molecule is CCOC(=O)[C@@H]1C[C@@H]2N(Cc3ccccc3)CC[C@]23C(=C1C(=O)OC)Nc1ccccc13. The molecule has 6 heteroatoms. The van der Waals surface area contributed by atoms with Gasteiger partial charge in [-0.1, -0.05) is 48.5 Å². The number of esters is 2. The molecule has 0 aromatic heterocycles. The van der Waals surface area contributed by atoms with E-state index >= 15 is 0 Å². The van der Waals surface area contributed by atoms with Gasteiger partial charge in [-0.25, -0.2) is 4.79 Å². The van der Waals surface area contributed by atoms with Gasteiger partial charge in [-0.2, -0.15) is 0 Å². The number of likely N-dealkylation sites (tertiary alicyclic amines) is 1. The lowest BCUT2D eigenvalue weighted by Gasteiger charge is -2.43. The lowest BCUT2D eigenvalue weighted by molar-refractivity contribution is -0.150. The Bertz CT molecular complexity index is 1080. The van der Waals surface area contributed by atoms with E-state index in [4.69, 9.17) is 9.47 Å². The van der Waals surface area contributed by atoms with Crippen molar-refractivity contribution in [1.29, 1.82) is 0 Å². The first-order valence-electron chi connectivity index (χ1n) is 11.2. The van der Waals surface area contributed by atoms with Crippen molar-refractivity contribution in [2.75, 3.05) is 25.6 Å². The average Bonchev–Trinajstić information content (AvgIpc) is 3.35. The molecule has 0 radical (unpaired) electrons. The van der Waals surface area contributed by atoms with Crippen LogP contribution in [0.25, 0.3) is 0 Å². The third kappa shape index (κ3) is 3.05. The van der Waals surface area contributed by atoms with Gasteiger partial charge >= 0.3 is 11.9 Å². The van der Waals surface area contributed by atoms with Gasteiger partial charge in [0, 0.05) is 30.5 Å². The topological polar surface area (TPSA) is 67.9 Å². The van der Waals surface area contributed by atoms with Crippen molar-refractivity contribution in [3.05, 3.63) is 77.0 Å². The average molecular weight is 433 g/mol. The summed E-state index contributed by atoms with van der Waals surface area (Å²) in [7, 11) is 1.37. The van der Waals surface area contributed by atoms with E-state index in [0.717, 1.165) is 30.9 Å². The first-order chi connectivity index (χ1) is 15.6. The van der Waals surface area contributed by atoms with Crippen LogP contribution in [0.15, 0.2) is 65.9 Å². The highest BCUT2D eigenvalue weighted by Crippen LogP contribution is 2.58. The van der Waals surface area contributed by atoms with Crippen molar-refractivity contribution >= 4 is 17.6 Å². The quantitative estimate of drug-likeness (QED) is 0.728. The molecule has 6 nitrogen and oxygen atoms in total. The number of carbonyl (C=O) groups is 2. The highest BCUT2D eigenvalue weighted by molar-refractivity contribution is 5.99. The minimum absolute atomic E-state index is 0.0664. The molecule has 2 heterocycles. The lowest BCUT2D eigenvalue weighted by Crippen LogP contribution is -2.50. The van der Waals surface area contributed by atoms with Gasteiger partial charge in [-0.3, -0.25) is 9.69 Å². The Morgan fingerprint density at radius 1 is 1.12 bits per heavy atom. The molecule has 0 amide bonds. The summed E-state index contributed by atoms with van der Waals surface area (Å²) in [5.74, 6) is -1.48. The first-order valence-corrected chi connectivity index (χ1v) is 11.2. The third-order valence-electron chi connectivity index (χ3n) is 7.20. The summed E-state index contributed by atoms with van der Waals surface area (Å²) >= 11 is 0. The van der Waals surface area contributed by atoms with Crippen LogP contribution in [0.4, 0.5) is 5.69 Å². The van der Waals surface area contributed by atoms with Gasteiger partial charge in [-0.15, -0.1) is 0 Å². The molecule has 0 saturated carbocycles. The van der Waals surface area contributed by atoms with Crippen LogP contribution in [0.3, 0.4) is 0 Å². The van der Waals surface area contributed by atoms with Crippen molar-refractivity contribution in [2.24, 2.45) is 5.92 Å². The predicted molar refractivity (Wildman–Crippen MR) is 121 cm³/mol. The maximum Gasteiger partial charge on any atom is 0.336 e. The maximum atomic E-state index is 13.0. The molecule has 3 atom stereocenters. The number of nitrogens with one attached hydrogen (secondary N) is 1. The third-order valence-corrected chi connectivity index (χ3v) is 7.20. The van der Waals surface area contributed by atoms with E-state index in [2.05, 4.69) is 40.5 Å². The molecule has 1 fully saturated rings. The fourth-order valence-corrected chi connectivity index (χ4v) is 5.91. The van der Waals surface area contributed by atoms with Gasteiger partial charge in [0.15, 0.2) is 0 Å². The number of ether oxygens (including phenoxy) is 2. The van der Waals surface area contributed by atoms with Crippen LogP contribution < -0.4 is 5.32 Å². The number of para-hydroxylation sites is 1. The summed E-state index contributed by atoms with van der Waals surface area (Å²) in [6, 6.07) is 18.7. The zero-order valence-corrected chi connectivity index (χ0v) is 18.5. The molecule has 2 aliphatic heterocycles. The lowest BCUT2D eigenvalue weighted by atomic mass is 9.64. The van der Waals surface area contributed by atoms with Gasteiger partial charge in [0.2, 0.25) is 0 Å². The highest BCUT2D eigenvalue weighted by atomic mass is 16.5. The van der Waals surface area contributed by atoms with Crippen molar-refractivity contribution in [3.63, 3.8) is 0 Å². The van der Waals surface area contributed by atoms with Crippen LogP contribution in [-0.2, 0) is 31.0 Å². The van der Waals surface area contributed by atoms with E-state index in [1.807, 2.05) is 24.3 Å². The molecule has 166 valence electrons. The molecule has 0 unspecified atom stereocenters. The van der Waals surface area contributed by atoms with Crippen LogP contribution in [0.2, 0.25) is 0 Å². The molecule has 1 aliphatic carbocycles. The van der Waals surface area contributed by atoms with E-state index in [1.54, 1.807) is 6.92 Å². The van der Waals surface area contributed by atoms with Crippen LogP contribution in [-0.4, -0.2) is 43.1 Å². The number of anilines is 1. The molecule has 1 spiro atoms. The summed E-state index contributed by atoms with van der Waals surface area (Å²) in [5.41, 5.74) is 4.30. The van der Waals surface area contributed by atoms with Crippen molar-refractivity contribution in [3.8, 4) is 0 Å². The number of fused-ring (bicyclic) bond motifs is 1. The van der Waals surface area contributed by atoms with Gasteiger partial charge in [-0.05, 0) is 37.0 Å². The summed E-state index contributed by atoms with van der Waals surface area (Å²) < 4.78 is 10.6. The van der Waals surface area contributed by atoms with Crippen LogP contribution >= 0.6 is 0 Å². The van der Waals surface area contributed by atoms with Crippen molar-refractivity contribution in [1.82, 2.24) is 4.90 Å². The van der Waals surface area contributed by atoms with Crippen molar-refractivity contribution in [2.45, 2.75) is 37.8 Å². The largest absolute Gasteiger partial charge is 0.466 e. The standard InChI is InChI=1S/C26H28N2O4/c1-3-32-24(29)18-15-21-26(13-14-28(21)16-17-9-5-4-6-10-17)19-11-7-8-12-20(19)27-23(26)22(18)25(30)31-2/h4-12,18,21,27H,3,13-16H2,1-2H3/t18-,21+,26-/m1/s1. The van der Waals surface area contributed by atoms with Crippen LogP contribution in [0, 0.1) is 5.92 Å². The molecular formula is C26H28N2O4. The van der Waals surface area contributed by atoms with Gasteiger partial charge in [0.1, 0.15) is 0 Å². The van der Waals surface area contributed by atoms with E-state index < -0.39 is 11.9 Å². The van der Waals surface area contributed by atoms with Crippen LogP contribution in [0.5, 0.6) is 0 Å². The highest BCUT2D eigenvalue weighted by Gasteiger charge is 2.61. The fraction of sp³-hybridized carbons (Fsp3) is 0.385. The number of methoxy groups -OCH3 is 1. The smallest absolute Gasteiger partial charge is 0.336 e. The summed E-state index contributed by atoms with van der Waals surface area (Å²) in [6.07, 6.45) is 1.40. The molecule has 1 saturated heterocycles. The number of rotatable bonds is 5. The second kappa shape index (κ2) is 8.10. The first kappa shape index (κ1) is 20.8. The van der Waals surface area contributed by atoms with E-state index in [-0.39, 0.29) is 24.0 Å². The summed E-state index contributed by atoms with van der Waals surface area (Å²) in [5, 5.41) is 3.52. The Labute approximate surface area is 188 Å². The summed E-state index contributed by atoms with van der Waals surface area (Å²) in [4.78, 5) is 28.5. The zero-order chi connectivity index (χ0) is 22.3. The second-order valence-corrected chi connectivity index (χ2v) is 8.68. The maximum absolute atomic E-state index is 13.0. The number of hydrogen-bond acceptors (Lipinski definition) is 6. The van der Waals surface area contributed by atoms with E-state index in [9.17, 15) is 9.59 Å². The Kier molecular flexibility index (Phi) is 5.25. The minimum atomic E-state index is -0.659. The van der Waals surface area contributed by atoms with Gasteiger partial charge in [0.25, 0.3) is 0 Å². The number of benzene rings is 2. The number of nitrogens with zero attached hydrogens (tertiary/aromatic N) is 1. The second-order valence-electron chi connectivity index (χ2n) is 8.68. The number of hydrogen-bond donors (Lipinski definition) is 1. The zero-order valence-electron chi connectivity index (χ0n) is 18.5. The predicted octanol–water partition coefficient (Wildman–Crippen LogP) is 3.63. The molecular weight excluding hydrogens is 404 g/mol. The Hall–Kier alpha value is -3.12. The molecule has 2 aromatic rings. The van der Waals surface area contributed by atoms with Crippen LogP contribution in [0.1, 0.15) is 30.9 Å². The van der Waals surface area contributed by atoms with Crippen molar-refractivity contribution < 1.29 is 19.1 Å². The minimum Gasteiger partial charge on any atom is -0.466 e.